The lowest BCUT2D eigenvalue weighted by atomic mass is 9.94. The molecule has 9 rings (SSSR count). The van der Waals surface area contributed by atoms with Crippen molar-refractivity contribution in [3.05, 3.63) is 188 Å². The summed E-state index contributed by atoms with van der Waals surface area (Å²) in [7, 11) is 0. The van der Waals surface area contributed by atoms with Crippen LogP contribution >= 0.6 is 0 Å². The van der Waals surface area contributed by atoms with Crippen LogP contribution in [0, 0.1) is 0 Å². The van der Waals surface area contributed by atoms with Gasteiger partial charge in [0.1, 0.15) is 11.2 Å². The standard InChI is InChI=1S/C46H31NO/c1-3-12-33(13-4-1)41-30-31-42(46-45(41)43-19-9-10-21-44(43)48-46)35-24-28-38(29-25-35)47(36-16-5-2-6-17-36)37-26-22-34(23-27-37)40-20-11-15-32-14-7-8-18-39(32)40/h1-31H/i1D,2D,3D,4D,5D,6D,7D,8D,11D,12D,13D,14D,15D,16D,17D,18D,20D. The Labute approximate surface area is 303 Å². The van der Waals surface area contributed by atoms with Crippen molar-refractivity contribution in [1.82, 2.24) is 0 Å². The molecule has 0 bridgehead atoms. The number of rotatable bonds is 6. The van der Waals surface area contributed by atoms with Crippen molar-refractivity contribution in [1.29, 1.82) is 0 Å². The van der Waals surface area contributed by atoms with E-state index in [0.717, 1.165) is 0 Å². The summed E-state index contributed by atoms with van der Waals surface area (Å²) in [5, 5.41) is 0.864. The van der Waals surface area contributed by atoms with Crippen LogP contribution in [0.3, 0.4) is 0 Å². The summed E-state index contributed by atoms with van der Waals surface area (Å²) in [5.74, 6) is 0. The van der Waals surface area contributed by atoms with Gasteiger partial charge in [-0.05, 0) is 87.1 Å². The second-order valence-corrected chi connectivity index (χ2v) is 10.9. The van der Waals surface area contributed by atoms with E-state index in [4.69, 9.17) is 27.7 Å². The highest BCUT2D eigenvalue weighted by Gasteiger charge is 2.18. The molecule has 0 amide bonds. The van der Waals surface area contributed by atoms with Crippen LogP contribution in [0.4, 0.5) is 17.1 Å². The molecule has 2 nitrogen and oxygen atoms in total. The smallest absolute Gasteiger partial charge is 0.143 e. The number of hydrogen-bond acceptors (Lipinski definition) is 2. The maximum atomic E-state index is 8.94. The van der Waals surface area contributed by atoms with Crippen molar-refractivity contribution in [2.45, 2.75) is 0 Å². The maximum Gasteiger partial charge on any atom is 0.143 e. The van der Waals surface area contributed by atoms with Gasteiger partial charge in [-0.15, -0.1) is 0 Å². The number of nitrogens with zero attached hydrogens (tertiary/aromatic N) is 1. The fourth-order valence-electron chi connectivity index (χ4n) is 6.01. The third kappa shape index (κ3) is 4.83. The predicted octanol–water partition coefficient (Wildman–Crippen LogP) is 13.2. The zero-order chi connectivity index (χ0) is 46.7. The summed E-state index contributed by atoms with van der Waals surface area (Å²) in [4.78, 5) is 1.46. The van der Waals surface area contributed by atoms with Crippen molar-refractivity contribution < 1.29 is 27.7 Å². The molecule has 0 aliphatic rings. The second kappa shape index (κ2) is 11.8. The van der Waals surface area contributed by atoms with Crippen LogP contribution in [0.25, 0.3) is 66.1 Å². The van der Waals surface area contributed by atoms with E-state index in [1.54, 1.807) is 66.7 Å². The van der Waals surface area contributed by atoms with E-state index in [0.29, 0.717) is 50.0 Å². The van der Waals surface area contributed by atoms with Crippen LogP contribution in [0.5, 0.6) is 0 Å². The van der Waals surface area contributed by atoms with Gasteiger partial charge in [0, 0.05) is 33.4 Å². The Hall–Kier alpha value is -6.38. The van der Waals surface area contributed by atoms with E-state index in [1.165, 1.54) is 17.0 Å². The molecule has 0 saturated heterocycles. The van der Waals surface area contributed by atoms with Crippen molar-refractivity contribution in [3.63, 3.8) is 0 Å². The van der Waals surface area contributed by atoms with E-state index < -0.39 is 90.6 Å². The van der Waals surface area contributed by atoms with Crippen molar-refractivity contribution in [2.24, 2.45) is 0 Å². The molecule has 0 aliphatic carbocycles. The van der Waals surface area contributed by atoms with Crippen molar-refractivity contribution in [2.75, 3.05) is 4.90 Å². The Morgan fingerprint density at radius 1 is 0.417 bits per heavy atom. The molecule has 0 unspecified atom stereocenters. The van der Waals surface area contributed by atoms with Crippen LogP contribution < -0.4 is 4.90 Å². The summed E-state index contributed by atoms with van der Waals surface area (Å²) < 4.78 is 151. The third-order valence-electron chi connectivity index (χ3n) is 8.17. The van der Waals surface area contributed by atoms with E-state index >= 15 is 0 Å². The molecule has 226 valence electrons. The minimum Gasteiger partial charge on any atom is -0.455 e. The quantitative estimate of drug-likeness (QED) is 0.182. The van der Waals surface area contributed by atoms with Crippen LogP contribution in [0.2, 0.25) is 0 Å². The van der Waals surface area contributed by atoms with Gasteiger partial charge in [0.25, 0.3) is 0 Å². The summed E-state index contributed by atoms with van der Waals surface area (Å²) in [5.41, 5.74) is 3.18. The molecule has 0 fully saturated rings. The maximum absolute atomic E-state index is 8.94. The number of benzene rings is 8. The van der Waals surface area contributed by atoms with Gasteiger partial charge in [-0.1, -0.05) is 139 Å². The van der Waals surface area contributed by atoms with Gasteiger partial charge in [0.15, 0.2) is 0 Å². The van der Waals surface area contributed by atoms with Gasteiger partial charge in [-0.3, -0.25) is 0 Å². The number of fused-ring (bicyclic) bond motifs is 4. The highest BCUT2D eigenvalue weighted by Crippen LogP contribution is 2.43. The Morgan fingerprint density at radius 3 is 1.77 bits per heavy atom. The first-order valence-corrected chi connectivity index (χ1v) is 15.0. The SMILES string of the molecule is [2H]c1c([2H])c([2H])c(-c2ccc(-c3ccc(N(c4ccc(-c5c([2H])c([2H])c([2H])c6c([2H])c([2H])c([2H])c([2H])c56)cc4)c4c([2H])c([2H])c([2H])c([2H])c4[2H])cc3)c3oc4ccccc4c23)c([2H])c1[2H]. The molecule has 0 saturated carbocycles. The first kappa shape index (κ1) is 15.5. The lowest BCUT2D eigenvalue weighted by molar-refractivity contribution is 0.670. The van der Waals surface area contributed by atoms with Gasteiger partial charge < -0.3 is 9.32 Å². The molecule has 0 atom stereocenters. The fourth-order valence-corrected chi connectivity index (χ4v) is 6.01. The first-order chi connectivity index (χ1) is 30.9. The average molecular weight is 631 g/mol. The lowest BCUT2D eigenvalue weighted by Crippen LogP contribution is -2.09. The largest absolute Gasteiger partial charge is 0.455 e. The number of furan rings is 1. The minimum absolute atomic E-state index is 0.00671. The van der Waals surface area contributed by atoms with E-state index in [-0.39, 0.29) is 45.2 Å². The highest BCUT2D eigenvalue weighted by atomic mass is 16.3. The van der Waals surface area contributed by atoms with Crippen LogP contribution in [-0.4, -0.2) is 0 Å². The average Bonchev–Trinajstić information content (AvgIpc) is 3.71. The van der Waals surface area contributed by atoms with Crippen LogP contribution in [-0.2, 0) is 0 Å². The summed E-state index contributed by atoms with van der Waals surface area (Å²) in [6, 6.07) is 15.0. The molecule has 48 heavy (non-hydrogen) atoms. The van der Waals surface area contributed by atoms with Crippen molar-refractivity contribution >= 4 is 49.8 Å². The van der Waals surface area contributed by atoms with Gasteiger partial charge in [0.2, 0.25) is 0 Å². The second-order valence-electron chi connectivity index (χ2n) is 10.9. The molecule has 0 spiro atoms. The van der Waals surface area contributed by atoms with Gasteiger partial charge >= 0.3 is 0 Å². The molecule has 0 N–H and O–H groups in total. The molecular weight excluding hydrogens is 583 g/mol. The topological polar surface area (TPSA) is 16.4 Å². The molecule has 1 heterocycles. The normalized spacial score (nSPS) is 16.3. The Balaban J connectivity index is 1.22. The highest BCUT2D eigenvalue weighted by molar-refractivity contribution is 6.16. The first-order valence-electron chi connectivity index (χ1n) is 23.5. The zero-order valence-corrected chi connectivity index (χ0v) is 24.9. The van der Waals surface area contributed by atoms with Gasteiger partial charge in [0.05, 0.1) is 23.3 Å². The van der Waals surface area contributed by atoms with Gasteiger partial charge in [-0.2, -0.15) is 0 Å². The Kier molecular flexibility index (Phi) is 3.79. The fraction of sp³-hybridized carbons (Fsp3) is 0. The minimum atomic E-state index is -0.597. The molecule has 1 aromatic heterocycles. The number of para-hydroxylation sites is 2. The van der Waals surface area contributed by atoms with Crippen LogP contribution in [0.15, 0.2) is 192 Å². The summed E-state index contributed by atoms with van der Waals surface area (Å²) >= 11 is 0. The molecule has 0 radical (unpaired) electrons. The van der Waals surface area contributed by atoms with Gasteiger partial charge in [-0.25, -0.2) is 0 Å². The Morgan fingerprint density at radius 2 is 1.02 bits per heavy atom. The third-order valence-corrected chi connectivity index (χ3v) is 8.17. The monoisotopic (exact) mass is 630 g/mol. The van der Waals surface area contributed by atoms with E-state index in [2.05, 4.69) is 0 Å². The number of hydrogen-bond donors (Lipinski definition) is 0. The summed E-state index contributed by atoms with van der Waals surface area (Å²) in [6.07, 6.45) is 0. The molecule has 0 aliphatic heterocycles. The van der Waals surface area contributed by atoms with E-state index in [9.17, 15) is 0 Å². The predicted molar refractivity (Wildman–Crippen MR) is 202 cm³/mol. The van der Waals surface area contributed by atoms with Crippen LogP contribution in [0.1, 0.15) is 23.3 Å². The molecule has 8 aromatic carbocycles. The molecule has 2 heteroatoms. The zero-order valence-electron chi connectivity index (χ0n) is 41.9. The molecule has 9 aromatic rings. The van der Waals surface area contributed by atoms with Crippen molar-refractivity contribution in [3.8, 4) is 33.4 Å². The lowest BCUT2D eigenvalue weighted by Gasteiger charge is -2.26. The Bertz CT molecular complexity index is 3450. The molecular formula is C46H31NO. The van der Waals surface area contributed by atoms with E-state index in [1.807, 2.05) is 6.07 Å². The number of anilines is 3. The summed E-state index contributed by atoms with van der Waals surface area (Å²) in [6.45, 7) is 0.